The highest BCUT2D eigenvalue weighted by Crippen LogP contribution is 2.18. The molecule has 0 aliphatic heterocycles. The van der Waals surface area contributed by atoms with Gasteiger partial charge in [0.25, 0.3) is 0 Å². The van der Waals surface area contributed by atoms with Gasteiger partial charge in [-0.05, 0) is 40.8 Å². The third-order valence-electron chi connectivity index (χ3n) is 1.98. The van der Waals surface area contributed by atoms with Gasteiger partial charge in [0.1, 0.15) is 5.82 Å². The molecule has 4 nitrogen and oxygen atoms in total. The zero-order valence-corrected chi connectivity index (χ0v) is 9.84. The number of rotatable bonds is 1. The van der Waals surface area contributed by atoms with Gasteiger partial charge in [-0.2, -0.15) is 10.4 Å². The molecule has 0 amide bonds. The van der Waals surface area contributed by atoms with Crippen LogP contribution < -0.4 is 5.73 Å². The summed E-state index contributed by atoms with van der Waals surface area (Å²) in [7, 11) is 0. The van der Waals surface area contributed by atoms with Crippen molar-refractivity contribution in [1.82, 2.24) is 9.78 Å². The first-order chi connectivity index (χ1) is 7.22. The maximum atomic E-state index is 8.77. The third-order valence-corrected chi connectivity index (χ3v) is 2.81. The molecule has 0 spiro atoms. The minimum atomic E-state index is 0.589. The molecular weight excluding hydrogens is 303 g/mol. The van der Waals surface area contributed by atoms with Gasteiger partial charge in [0, 0.05) is 0 Å². The van der Waals surface area contributed by atoms with Crippen LogP contribution in [0.3, 0.4) is 0 Å². The van der Waals surface area contributed by atoms with Gasteiger partial charge >= 0.3 is 0 Å². The molecule has 0 atom stereocenters. The van der Waals surface area contributed by atoms with Gasteiger partial charge in [0.05, 0.1) is 27.1 Å². The summed E-state index contributed by atoms with van der Waals surface area (Å²) in [6.45, 7) is 0. The normalized spacial score (nSPS) is 9.87. The molecule has 0 radical (unpaired) electrons. The topological polar surface area (TPSA) is 67.6 Å². The molecule has 15 heavy (non-hydrogen) atoms. The van der Waals surface area contributed by atoms with Crippen molar-refractivity contribution in [3.05, 3.63) is 39.6 Å². The van der Waals surface area contributed by atoms with Crippen molar-refractivity contribution in [3.63, 3.8) is 0 Å². The van der Waals surface area contributed by atoms with Crippen LogP contribution in [0, 0.1) is 14.9 Å². The van der Waals surface area contributed by atoms with Crippen molar-refractivity contribution in [1.29, 1.82) is 5.26 Å². The maximum absolute atomic E-state index is 8.77. The van der Waals surface area contributed by atoms with E-state index >= 15 is 0 Å². The van der Waals surface area contributed by atoms with E-state index in [9.17, 15) is 0 Å². The lowest BCUT2D eigenvalue weighted by molar-refractivity contribution is 0.891. The number of aromatic nitrogens is 2. The second-order valence-corrected chi connectivity index (χ2v) is 4.11. The number of hydrogen-bond acceptors (Lipinski definition) is 3. The SMILES string of the molecule is N#Cc1cccc(-n2ncc(I)c2N)c1. The molecule has 0 bridgehead atoms. The van der Waals surface area contributed by atoms with Gasteiger partial charge in [0.2, 0.25) is 0 Å². The predicted octanol–water partition coefficient (Wildman–Crippen LogP) is 1.93. The molecule has 5 heteroatoms. The Morgan fingerprint density at radius 1 is 1.47 bits per heavy atom. The summed E-state index contributed by atoms with van der Waals surface area (Å²) in [5.74, 6) is 0.589. The summed E-state index contributed by atoms with van der Waals surface area (Å²) in [6.07, 6.45) is 1.69. The molecule has 2 rings (SSSR count). The first kappa shape index (κ1) is 9.98. The molecule has 2 aromatic rings. The Morgan fingerprint density at radius 3 is 2.87 bits per heavy atom. The number of nitriles is 1. The second-order valence-electron chi connectivity index (χ2n) is 2.95. The first-order valence-corrected chi connectivity index (χ1v) is 5.30. The summed E-state index contributed by atoms with van der Waals surface area (Å²) in [6, 6.07) is 9.24. The van der Waals surface area contributed by atoms with Crippen LogP contribution >= 0.6 is 22.6 Å². The summed E-state index contributed by atoms with van der Waals surface area (Å²) in [5.41, 5.74) is 7.23. The van der Waals surface area contributed by atoms with Gasteiger partial charge in [-0.1, -0.05) is 6.07 Å². The van der Waals surface area contributed by atoms with Crippen LogP contribution in [0.4, 0.5) is 5.82 Å². The second kappa shape index (κ2) is 3.90. The van der Waals surface area contributed by atoms with Crippen molar-refractivity contribution in [3.8, 4) is 11.8 Å². The lowest BCUT2D eigenvalue weighted by Crippen LogP contribution is -2.02. The molecule has 0 aliphatic carbocycles. The van der Waals surface area contributed by atoms with Crippen molar-refractivity contribution < 1.29 is 0 Å². The number of nitrogens with two attached hydrogens (primary N) is 1. The molecule has 0 saturated carbocycles. The Balaban J connectivity index is 2.55. The fraction of sp³-hybridized carbons (Fsp3) is 0. The van der Waals surface area contributed by atoms with E-state index in [2.05, 4.69) is 33.8 Å². The van der Waals surface area contributed by atoms with E-state index in [0.717, 1.165) is 9.26 Å². The van der Waals surface area contributed by atoms with Crippen LogP contribution in [-0.2, 0) is 0 Å². The Morgan fingerprint density at radius 2 is 2.27 bits per heavy atom. The van der Waals surface area contributed by atoms with Gasteiger partial charge in [-0.3, -0.25) is 0 Å². The zero-order chi connectivity index (χ0) is 10.8. The number of anilines is 1. The molecule has 2 N–H and O–H groups in total. The van der Waals surface area contributed by atoms with Gasteiger partial charge in [-0.25, -0.2) is 4.68 Å². The number of benzene rings is 1. The lowest BCUT2D eigenvalue weighted by atomic mass is 10.2. The van der Waals surface area contributed by atoms with Crippen LogP contribution in [0.25, 0.3) is 5.69 Å². The summed E-state index contributed by atoms with van der Waals surface area (Å²) >= 11 is 2.12. The Kier molecular flexibility index (Phi) is 2.60. The van der Waals surface area contributed by atoms with E-state index in [1.165, 1.54) is 0 Å². The summed E-state index contributed by atoms with van der Waals surface area (Å²) < 4.78 is 2.51. The maximum Gasteiger partial charge on any atom is 0.140 e. The van der Waals surface area contributed by atoms with Crippen molar-refractivity contribution in [2.45, 2.75) is 0 Å². The average Bonchev–Trinajstić information content (AvgIpc) is 2.60. The molecule has 1 aromatic heterocycles. The fourth-order valence-corrected chi connectivity index (χ4v) is 1.60. The smallest absolute Gasteiger partial charge is 0.140 e. The molecule has 0 fully saturated rings. The Bertz CT molecular complexity index is 539. The van der Waals surface area contributed by atoms with Crippen LogP contribution in [-0.4, -0.2) is 9.78 Å². The first-order valence-electron chi connectivity index (χ1n) is 4.22. The number of nitrogens with zero attached hydrogens (tertiary/aromatic N) is 3. The number of hydrogen-bond donors (Lipinski definition) is 1. The monoisotopic (exact) mass is 310 g/mol. The van der Waals surface area contributed by atoms with Gasteiger partial charge < -0.3 is 5.73 Å². The largest absolute Gasteiger partial charge is 0.383 e. The van der Waals surface area contributed by atoms with Crippen molar-refractivity contribution in [2.75, 3.05) is 5.73 Å². The molecule has 1 heterocycles. The Hall–Kier alpha value is -1.55. The quantitative estimate of drug-likeness (QED) is 0.818. The highest BCUT2D eigenvalue weighted by Gasteiger charge is 2.06. The average molecular weight is 310 g/mol. The van der Waals surface area contributed by atoms with E-state index in [4.69, 9.17) is 11.0 Å². The van der Waals surface area contributed by atoms with Crippen LogP contribution in [0.2, 0.25) is 0 Å². The van der Waals surface area contributed by atoms with E-state index in [-0.39, 0.29) is 0 Å². The van der Waals surface area contributed by atoms with E-state index in [0.29, 0.717) is 11.4 Å². The summed E-state index contributed by atoms with van der Waals surface area (Å²) in [5, 5.41) is 12.9. The Labute approximate surface area is 100 Å². The van der Waals surface area contributed by atoms with Crippen LogP contribution in [0.1, 0.15) is 5.56 Å². The zero-order valence-electron chi connectivity index (χ0n) is 7.68. The minimum absolute atomic E-state index is 0.589. The molecule has 0 saturated heterocycles. The molecule has 0 aliphatic rings. The molecule has 0 unspecified atom stereocenters. The highest BCUT2D eigenvalue weighted by molar-refractivity contribution is 14.1. The minimum Gasteiger partial charge on any atom is -0.383 e. The number of nitrogen functional groups attached to an aromatic ring is 1. The van der Waals surface area contributed by atoms with Gasteiger partial charge in [-0.15, -0.1) is 0 Å². The molecule has 74 valence electrons. The summed E-state index contributed by atoms with van der Waals surface area (Å²) in [4.78, 5) is 0. The standard InChI is InChI=1S/C10H7IN4/c11-9-6-14-15(10(9)13)8-3-1-2-7(4-8)5-12/h1-4,6H,13H2. The number of halogens is 1. The van der Waals surface area contributed by atoms with E-state index < -0.39 is 0 Å². The molecular formula is C10H7IN4. The van der Waals surface area contributed by atoms with Crippen LogP contribution in [0.15, 0.2) is 30.5 Å². The highest BCUT2D eigenvalue weighted by atomic mass is 127. The van der Waals surface area contributed by atoms with Crippen LogP contribution in [0.5, 0.6) is 0 Å². The van der Waals surface area contributed by atoms with E-state index in [1.807, 2.05) is 12.1 Å². The van der Waals surface area contributed by atoms with E-state index in [1.54, 1.807) is 23.0 Å². The lowest BCUT2D eigenvalue weighted by Gasteiger charge is -2.03. The van der Waals surface area contributed by atoms with Gasteiger partial charge in [0.15, 0.2) is 0 Å². The predicted molar refractivity (Wildman–Crippen MR) is 65.4 cm³/mol. The third kappa shape index (κ3) is 1.80. The molecule has 1 aromatic carbocycles. The fourth-order valence-electron chi connectivity index (χ4n) is 1.25. The van der Waals surface area contributed by atoms with Crippen molar-refractivity contribution >= 4 is 28.4 Å². The van der Waals surface area contributed by atoms with Crippen molar-refractivity contribution in [2.24, 2.45) is 0 Å².